The number of carboxylic acids is 1. The molecule has 0 spiro atoms. The molecule has 0 saturated carbocycles. The predicted octanol–water partition coefficient (Wildman–Crippen LogP) is 1.57. The average molecular weight is 279 g/mol. The van der Waals surface area contributed by atoms with Crippen molar-refractivity contribution in [3.05, 3.63) is 17.7 Å². The van der Waals surface area contributed by atoms with Crippen molar-refractivity contribution in [3.8, 4) is 17.2 Å². The maximum atomic E-state index is 11.0. The van der Waals surface area contributed by atoms with Gasteiger partial charge in [-0.2, -0.15) is 0 Å². The second-order valence-electron chi connectivity index (χ2n) is 4.55. The van der Waals surface area contributed by atoms with E-state index in [0.29, 0.717) is 17.2 Å². The van der Waals surface area contributed by atoms with E-state index in [1.165, 1.54) is 7.11 Å². The molecule has 0 bridgehead atoms. The maximum Gasteiger partial charge on any atom is 0.354 e. The van der Waals surface area contributed by atoms with Crippen LogP contribution in [-0.2, 0) is 9.63 Å². The summed E-state index contributed by atoms with van der Waals surface area (Å²) in [5, 5.41) is 12.7. The van der Waals surface area contributed by atoms with Crippen LogP contribution in [-0.4, -0.2) is 30.7 Å². The third-order valence-electron chi connectivity index (χ3n) is 3.38. The van der Waals surface area contributed by atoms with Crippen LogP contribution in [0.2, 0.25) is 0 Å². The van der Waals surface area contributed by atoms with Gasteiger partial charge in [-0.3, -0.25) is 0 Å². The van der Waals surface area contributed by atoms with Crippen LogP contribution in [0.1, 0.15) is 18.6 Å². The zero-order valence-electron chi connectivity index (χ0n) is 11.0. The van der Waals surface area contributed by atoms with Gasteiger partial charge >= 0.3 is 5.97 Å². The molecule has 2 atom stereocenters. The number of carbonyl (C=O) groups is 1. The number of carboxylic acid groups (broad SMARTS) is 1. The molecule has 3 rings (SSSR count). The van der Waals surface area contributed by atoms with Crippen molar-refractivity contribution >= 4 is 11.7 Å². The molecule has 7 nitrogen and oxygen atoms in total. The van der Waals surface area contributed by atoms with E-state index in [4.69, 9.17) is 24.2 Å². The van der Waals surface area contributed by atoms with Crippen molar-refractivity contribution in [1.82, 2.24) is 0 Å². The third kappa shape index (κ3) is 1.82. The molecule has 2 aliphatic heterocycles. The largest absolute Gasteiger partial charge is 0.493 e. The molecule has 7 heteroatoms. The van der Waals surface area contributed by atoms with Crippen LogP contribution in [0.4, 0.5) is 0 Å². The van der Waals surface area contributed by atoms with E-state index in [0.717, 1.165) is 5.56 Å². The highest BCUT2D eigenvalue weighted by atomic mass is 16.7. The van der Waals surface area contributed by atoms with Gasteiger partial charge in [-0.05, 0) is 12.1 Å². The fourth-order valence-electron chi connectivity index (χ4n) is 2.33. The standard InChI is InChI=1S/C13H13NO6/c1-6-10(13(15)16)14-20-11(6)7-3-8(17-2)12-9(4-7)18-5-19-12/h3-4,6,11H,5H2,1-2H3,(H,15,16)/t6-,11-/m1/s1. The van der Waals surface area contributed by atoms with Gasteiger partial charge in [-0.25, -0.2) is 4.79 Å². The summed E-state index contributed by atoms with van der Waals surface area (Å²) < 4.78 is 15.9. The molecule has 2 heterocycles. The Morgan fingerprint density at radius 2 is 2.25 bits per heavy atom. The smallest absolute Gasteiger partial charge is 0.354 e. The number of methoxy groups -OCH3 is 1. The zero-order chi connectivity index (χ0) is 14.3. The lowest BCUT2D eigenvalue weighted by atomic mass is 9.93. The van der Waals surface area contributed by atoms with Gasteiger partial charge in [0.2, 0.25) is 12.5 Å². The molecule has 1 aromatic carbocycles. The van der Waals surface area contributed by atoms with Crippen LogP contribution in [0.25, 0.3) is 0 Å². The monoisotopic (exact) mass is 279 g/mol. The minimum absolute atomic E-state index is 0.00614. The van der Waals surface area contributed by atoms with Crippen LogP contribution in [0.15, 0.2) is 17.3 Å². The molecule has 0 amide bonds. The normalized spacial score (nSPS) is 23.2. The number of nitrogens with zero attached hydrogens (tertiary/aromatic N) is 1. The molecular weight excluding hydrogens is 266 g/mol. The molecule has 0 aliphatic carbocycles. The number of benzene rings is 1. The molecule has 106 valence electrons. The van der Waals surface area contributed by atoms with Crippen molar-refractivity contribution in [1.29, 1.82) is 0 Å². The molecule has 0 radical (unpaired) electrons. The van der Waals surface area contributed by atoms with Gasteiger partial charge in [0.05, 0.1) is 13.0 Å². The fraction of sp³-hybridized carbons (Fsp3) is 0.385. The molecule has 20 heavy (non-hydrogen) atoms. The summed E-state index contributed by atoms with van der Waals surface area (Å²) in [5.41, 5.74) is 0.741. The number of ether oxygens (including phenoxy) is 3. The summed E-state index contributed by atoms with van der Waals surface area (Å²) >= 11 is 0. The van der Waals surface area contributed by atoms with Gasteiger partial charge in [0.15, 0.2) is 23.3 Å². The van der Waals surface area contributed by atoms with Crippen molar-refractivity contribution in [2.75, 3.05) is 13.9 Å². The summed E-state index contributed by atoms with van der Waals surface area (Å²) in [4.78, 5) is 16.3. The van der Waals surface area contributed by atoms with E-state index in [1.54, 1.807) is 19.1 Å². The molecular formula is C13H13NO6. The summed E-state index contributed by atoms with van der Waals surface area (Å²) in [6, 6.07) is 3.50. The molecule has 1 aromatic rings. The van der Waals surface area contributed by atoms with E-state index in [2.05, 4.69) is 5.16 Å². The SMILES string of the molecule is COc1cc([C@@H]2ON=C(C(=O)O)[C@H]2C)cc2c1OCO2. The first kappa shape index (κ1) is 12.6. The Morgan fingerprint density at radius 3 is 2.90 bits per heavy atom. The number of hydrogen-bond donors (Lipinski definition) is 1. The third-order valence-corrected chi connectivity index (χ3v) is 3.38. The average Bonchev–Trinajstić information content (AvgIpc) is 3.03. The van der Waals surface area contributed by atoms with Crippen molar-refractivity contribution in [2.45, 2.75) is 13.0 Å². The minimum Gasteiger partial charge on any atom is -0.493 e. The Kier molecular flexibility index (Phi) is 2.89. The van der Waals surface area contributed by atoms with Crippen LogP contribution in [0, 0.1) is 5.92 Å². The Labute approximate surface area is 114 Å². The highest BCUT2D eigenvalue weighted by Gasteiger charge is 2.37. The molecule has 0 aromatic heterocycles. The van der Waals surface area contributed by atoms with Gasteiger partial charge in [0, 0.05) is 5.56 Å². The van der Waals surface area contributed by atoms with Gasteiger partial charge in [-0.15, -0.1) is 0 Å². The minimum atomic E-state index is -1.08. The zero-order valence-corrected chi connectivity index (χ0v) is 11.0. The van der Waals surface area contributed by atoms with Crippen LogP contribution in [0.5, 0.6) is 17.2 Å². The highest BCUT2D eigenvalue weighted by molar-refractivity contribution is 6.36. The lowest BCUT2D eigenvalue weighted by Crippen LogP contribution is -2.21. The Morgan fingerprint density at radius 1 is 1.45 bits per heavy atom. The van der Waals surface area contributed by atoms with Crippen LogP contribution < -0.4 is 14.2 Å². The Bertz CT molecular complexity index is 597. The van der Waals surface area contributed by atoms with Crippen molar-refractivity contribution in [2.24, 2.45) is 11.1 Å². The first-order valence-electron chi connectivity index (χ1n) is 6.06. The molecule has 0 fully saturated rings. The number of hydrogen-bond acceptors (Lipinski definition) is 6. The quantitative estimate of drug-likeness (QED) is 0.903. The van der Waals surface area contributed by atoms with E-state index >= 15 is 0 Å². The number of rotatable bonds is 3. The summed E-state index contributed by atoms with van der Waals surface area (Å²) in [7, 11) is 1.53. The van der Waals surface area contributed by atoms with E-state index < -0.39 is 12.1 Å². The van der Waals surface area contributed by atoms with Crippen LogP contribution in [0.3, 0.4) is 0 Å². The Hall–Kier alpha value is -2.44. The molecule has 0 saturated heterocycles. The number of aliphatic carboxylic acids is 1. The first-order valence-corrected chi connectivity index (χ1v) is 6.06. The summed E-state index contributed by atoms with van der Waals surface area (Å²) in [6.07, 6.45) is -0.482. The van der Waals surface area contributed by atoms with Crippen molar-refractivity contribution in [3.63, 3.8) is 0 Å². The second kappa shape index (κ2) is 4.59. The Balaban J connectivity index is 1.95. The summed E-state index contributed by atoms with van der Waals surface area (Å²) in [5.74, 6) is 0.181. The second-order valence-corrected chi connectivity index (χ2v) is 4.55. The highest BCUT2D eigenvalue weighted by Crippen LogP contribution is 2.45. The van der Waals surface area contributed by atoms with Gasteiger partial charge in [0.25, 0.3) is 0 Å². The first-order chi connectivity index (χ1) is 9.61. The molecule has 1 N–H and O–H groups in total. The summed E-state index contributed by atoms with van der Waals surface area (Å²) in [6.45, 7) is 1.88. The lowest BCUT2D eigenvalue weighted by molar-refractivity contribution is -0.129. The predicted molar refractivity (Wildman–Crippen MR) is 67.2 cm³/mol. The van der Waals surface area contributed by atoms with Gasteiger partial charge in [-0.1, -0.05) is 12.1 Å². The maximum absolute atomic E-state index is 11.0. The lowest BCUT2D eigenvalue weighted by Gasteiger charge is -2.15. The number of fused-ring (bicyclic) bond motifs is 1. The van der Waals surface area contributed by atoms with E-state index in [-0.39, 0.29) is 18.4 Å². The van der Waals surface area contributed by atoms with E-state index in [9.17, 15) is 4.79 Å². The van der Waals surface area contributed by atoms with Crippen molar-refractivity contribution < 1.29 is 28.9 Å². The van der Waals surface area contributed by atoms with Crippen LogP contribution >= 0.6 is 0 Å². The topological polar surface area (TPSA) is 86.6 Å². The van der Waals surface area contributed by atoms with Gasteiger partial charge < -0.3 is 24.2 Å². The van der Waals surface area contributed by atoms with Gasteiger partial charge in [0.1, 0.15) is 0 Å². The number of oxime groups is 1. The molecule has 2 aliphatic rings. The molecule has 0 unspecified atom stereocenters. The van der Waals surface area contributed by atoms with E-state index in [1.807, 2.05) is 0 Å². The fourth-order valence-corrected chi connectivity index (χ4v) is 2.33.